The lowest BCUT2D eigenvalue weighted by Crippen LogP contribution is -2.42. The van der Waals surface area contributed by atoms with Gasteiger partial charge in [-0.2, -0.15) is 0 Å². The van der Waals surface area contributed by atoms with E-state index in [2.05, 4.69) is 10.6 Å². The van der Waals surface area contributed by atoms with Gasteiger partial charge in [0.15, 0.2) is 0 Å². The average molecular weight is 271 g/mol. The Balaban J connectivity index is 1.96. The lowest BCUT2D eigenvalue weighted by molar-refractivity contribution is -0.123. The lowest BCUT2D eigenvalue weighted by Gasteiger charge is -2.17. The number of benzene rings is 1. The molecule has 3 nitrogen and oxygen atoms in total. The Morgan fingerprint density at radius 2 is 2.47 bits per heavy atom. The van der Waals surface area contributed by atoms with Crippen LogP contribution in [0, 0.1) is 0 Å². The zero-order chi connectivity index (χ0) is 12.3. The first-order valence-corrected chi connectivity index (χ1v) is 7.07. The summed E-state index contributed by atoms with van der Waals surface area (Å²) in [4.78, 5) is 11.9. The maximum absolute atomic E-state index is 11.9. The summed E-state index contributed by atoms with van der Waals surface area (Å²) >= 11 is 7.67. The van der Waals surface area contributed by atoms with E-state index in [9.17, 15) is 4.79 Å². The zero-order valence-corrected chi connectivity index (χ0v) is 11.1. The van der Waals surface area contributed by atoms with Crippen molar-refractivity contribution in [3.05, 3.63) is 34.9 Å². The van der Waals surface area contributed by atoms with Crippen LogP contribution < -0.4 is 10.6 Å². The van der Waals surface area contributed by atoms with Crippen LogP contribution >= 0.6 is 23.4 Å². The second-order valence-electron chi connectivity index (χ2n) is 4.06. The molecule has 0 aromatic heterocycles. The Morgan fingerprint density at radius 1 is 1.65 bits per heavy atom. The summed E-state index contributed by atoms with van der Waals surface area (Å²) in [5, 5.41) is 6.83. The quantitative estimate of drug-likeness (QED) is 0.885. The van der Waals surface area contributed by atoms with Gasteiger partial charge in [-0.3, -0.25) is 10.1 Å². The van der Waals surface area contributed by atoms with Crippen LogP contribution in [0.3, 0.4) is 0 Å². The molecule has 0 saturated carbocycles. The molecular weight excluding hydrogens is 256 g/mol. The Hall–Kier alpha value is -0.710. The molecule has 0 bridgehead atoms. The van der Waals surface area contributed by atoms with Gasteiger partial charge in [0.2, 0.25) is 5.91 Å². The van der Waals surface area contributed by atoms with E-state index in [-0.39, 0.29) is 18.0 Å². The molecule has 2 atom stereocenters. The minimum absolute atomic E-state index is 0.0198. The molecule has 2 rings (SSSR count). The number of carbonyl (C=O) groups excluding carboxylic acids is 1. The Morgan fingerprint density at radius 3 is 3.12 bits per heavy atom. The largest absolute Gasteiger partial charge is 0.348 e. The minimum atomic E-state index is -0.0679. The normalized spacial score (nSPS) is 21.2. The van der Waals surface area contributed by atoms with E-state index in [1.54, 1.807) is 11.8 Å². The van der Waals surface area contributed by atoms with Crippen molar-refractivity contribution in [2.45, 2.75) is 19.0 Å². The van der Waals surface area contributed by atoms with Gasteiger partial charge in [-0.25, -0.2) is 0 Å². The molecular formula is C12H15ClN2OS. The second-order valence-corrected chi connectivity index (χ2v) is 5.52. The van der Waals surface area contributed by atoms with E-state index in [0.717, 1.165) is 17.2 Å². The predicted octanol–water partition coefficient (Wildman–Crippen LogP) is 2.18. The Bertz CT molecular complexity index is 407. The van der Waals surface area contributed by atoms with Gasteiger partial charge in [0.25, 0.3) is 0 Å². The van der Waals surface area contributed by atoms with Crippen molar-refractivity contribution in [3.63, 3.8) is 0 Å². The van der Waals surface area contributed by atoms with Crippen LogP contribution in [0.5, 0.6) is 0 Å². The van der Waals surface area contributed by atoms with Gasteiger partial charge in [-0.05, 0) is 24.6 Å². The minimum Gasteiger partial charge on any atom is -0.348 e. The number of rotatable bonds is 3. The maximum Gasteiger partial charge on any atom is 0.238 e. The number of hydrogen-bond acceptors (Lipinski definition) is 3. The first-order chi connectivity index (χ1) is 8.16. The zero-order valence-electron chi connectivity index (χ0n) is 9.57. The molecule has 1 aliphatic rings. The molecule has 1 heterocycles. The smallest absolute Gasteiger partial charge is 0.238 e. The number of halogens is 1. The number of carbonyl (C=O) groups is 1. The topological polar surface area (TPSA) is 41.1 Å². The average Bonchev–Trinajstić information content (AvgIpc) is 2.82. The third-order valence-electron chi connectivity index (χ3n) is 2.74. The van der Waals surface area contributed by atoms with Crippen LogP contribution in [0.2, 0.25) is 5.02 Å². The highest BCUT2D eigenvalue weighted by molar-refractivity contribution is 7.99. The van der Waals surface area contributed by atoms with Crippen molar-refractivity contribution in [3.8, 4) is 0 Å². The van der Waals surface area contributed by atoms with Crippen LogP contribution in [0.15, 0.2) is 24.3 Å². The van der Waals surface area contributed by atoms with E-state index in [4.69, 9.17) is 11.6 Å². The van der Waals surface area contributed by atoms with Crippen LogP contribution in [-0.2, 0) is 4.79 Å². The van der Waals surface area contributed by atoms with Gasteiger partial charge in [0.05, 0.1) is 12.1 Å². The highest BCUT2D eigenvalue weighted by atomic mass is 35.5. The van der Waals surface area contributed by atoms with E-state index in [0.29, 0.717) is 5.02 Å². The first kappa shape index (κ1) is 12.7. The first-order valence-electron chi connectivity index (χ1n) is 5.54. The van der Waals surface area contributed by atoms with Gasteiger partial charge >= 0.3 is 0 Å². The molecule has 1 amide bonds. The summed E-state index contributed by atoms with van der Waals surface area (Å²) in [5.41, 5.74) is 1.02. The molecule has 0 aliphatic carbocycles. The SMILES string of the molecule is C[C@H](NC(=O)C1CSCN1)c1cccc(Cl)c1. The molecule has 92 valence electrons. The molecule has 1 saturated heterocycles. The molecule has 0 spiro atoms. The molecule has 1 aromatic carbocycles. The number of hydrogen-bond donors (Lipinski definition) is 2. The summed E-state index contributed by atoms with van der Waals surface area (Å²) in [6.45, 7) is 1.96. The lowest BCUT2D eigenvalue weighted by atomic mass is 10.1. The van der Waals surface area contributed by atoms with E-state index < -0.39 is 0 Å². The number of nitrogens with one attached hydrogen (secondary N) is 2. The third kappa shape index (κ3) is 3.37. The van der Waals surface area contributed by atoms with E-state index >= 15 is 0 Å². The van der Waals surface area contributed by atoms with Crippen LogP contribution in [0.25, 0.3) is 0 Å². The number of amides is 1. The molecule has 17 heavy (non-hydrogen) atoms. The molecule has 1 unspecified atom stereocenters. The summed E-state index contributed by atoms with van der Waals surface area (Å²) < 4.78 is 0. The van der Waals surface area contributed by atoms with Crippen molar-refractivity contribution in [2.24, 2.45) is 0 Å². The molecule has 5 heteroatoms. The van der Waals surface area contributed by atoms with Crippen molar-refractivity contribution >= 4 is 29.3 Å². The summed E-state index contributed by atoms with van der Waals surface area (Å²) in [5.74, 6) is 1.75. The number of thioether (sulfide) groups is 1. The van der Waals surface area contributed by atoms with Crippen molar-refractivity contribution < 1.29 is 4.79 Å². The highest BCUT2D eigenvalue weighted by Crippen LogP contribution is 2.18. The summed E-state index contributed by atoms with van der Waals surface area (Å²) in [6, 6.07) is 7.48. The van der Waals surface area contributed by atoms with Gasteiger partial charge in [0.1, 0.15) is 0 Å². The molecule has 1 aliphatic heterocycles. The van der Waals surface area contributed by atoms with Crippen LogP contribution in [0.4, 0.5) is 0 Å². The molecule has 2 N–H and O–H groups in total. The van der Waals surface area contributed by atoms with Crippen molar-refractivity contribution in [1.29, 1.82) is 0 Å². The summed E-state index contributed by atoms with van der Waals surface area (Å²) in [7, 11) is 0. The van der Waals surface area contributed by atoms with Crippen LogP contribution in [-0.4, -0.2) is 23.6 Å². The fourth-order valence-corrected chi connectivity index (χ4v) is 2.88. The van der Waals surface area contributed by atoms with Gasteiger partial charge < -0.3 is 5.32 Å². The van der Waals surface area contributed by atoms with Crippen molar-refractivity contribution in [1.82, 2.24) is 10.6 Å². The monoisotopic (exact) mass is 270 g/mol. The van der Waals surface area contributed by atoms with Gasteiger partial charge in [0, 0.05) is 16.7 Å². The Labute approximate surface area is 110 Å². The fourth-order valence-electron chi connectivity index (χ4n) is 1.74. The third-order valence-corrected chi connectivity index (χ3v) is 3.92. The maximum atomic E-state index is 11.9. The molecule has 0 radical (unpaired) electrons. The Kier molecular flexibility index (Phi) is 4.31. The highest BCUT2D eigenvalue weighted by Gasteiger charge is 2.23. The predicted molar refractivity (Wildman–Crippen MR) is 72.3 cm³/mol. The molecule has 1 fully saturated rings. The second kappa shape index (κ2) is 5.76. The van der Waals surface area contributed by atoms with E-state index in [1.807, 2.05) is 31.2 Å². The van der Waals surface area contributed by atoms with Gasteiger partial charge in [-0.15, -0.1) is 11.8 Å². The van der Waals surface area contributed by atoms with Crippen molar-refractivity contribution in [2.75, 3.05) is 11.6 Å². The standard InChI is InChI=1S/C12H15ClN2OS/c1-8(9-3-2-4-10(13)5-9)15-12(16)11-6-17-7-14-11/h2-5,8,11,14H,6-7H2,1H3,(H,15,16)/t8-,11?/m0/s1. The summed E-state index contributed by atoms with van der Waals surface area (Å²) in [6.07, 6.45) is 0. The van der Waals surface area contributed by atoms with Gasteiger partial charge in [-0.1, -0.05) is 23.7 Å². The van der Waals surface area contributed by atoms with Crippen LogP contribution in [0.1, 0.15) is 18.5 Å². The molecule has 1 aromatic rings. The van der Waals surface area contributed by atoms with E-state index in [1.165, 1.54) is 0 Å². The fraction of sp³-hybridized carbons (Fsp3) is 0.417.